The Morgan fingerprint density at radius 3 is 2.75 bits per heavy atom. The highest BCUT2D eigenvalue weighted by Crippen LogP contribution is 2.27. The summed E-state index contributed by atoms with van der Waals surface area (Å²) in [5.74, 6) is -0.335. The average molecular weight is 373 g/mol. The molecule has 0 fully saturated rings. The molecule has 128 valence electrons. The van der Waals surface area contributed by atoms with Crippen molar-refractivity contribution in [1.29, 1.82) is 0 Å². The van der Waals surface area contributed by atoms with Gasteiger partial charge < -0.3 is 20.8 Å². The lowest BCUT2D eigenvalue weighted by Crippen LogP contribution is -2.40. The topological polar surface area (TPSA) is 130 Å². The van der Waals surface area contributed by atoms with Gasteiger partial charge in [0.25, 0.3) is 11.5 Å². The quantitative estimate of drug-likeness (QED) is 0.625. The van der Waals surface area contributed by atoms with Crippen LogP contribution in [-0.4, -0.2) is 28.5 Å². The van der Waals surface area contributed by atoms with Crippen LogP contribution in [0.4, 0.5) is 5.69 Å². The first kappa shape index (κ1) is 17.9. The summed E-state index contributed by atoms with van der Waals surface area (Å²) in [6, 6.07) is 4.29. The summed E-state index contributed by atoms with van der Waals surface area (Å²) in [6.45, 7) is 1.75. The second-order valence-electron chi connectivity index (χ2n) is 4.96. The van der Waals surface area contributed by atoms with Crippen molar-refractivity contribution in [3.05, 3.63) is 54.8 Å². The van der Waals surface area contributed by atoms with Crippen LogP contribution in [0.1, 0.15) is 17.4 Å². The molecular formula is C14H14Cl2N4O4. The zero-order chi connectivity index (χ0) is 17.9. The zero-order valence-electron chi connectivity index (χ0n) is 12.5. The average Bonchev–Trinajstić information content (AvgIpc) is 2.51. The summed E-state index contributed by atoms with van der Waals surface area (Å²) < 4.78 is 5.49. The number of nitrogens with one attached hydrogen (secondary N) is 3. The molecule has 0 aliphatic rings. The van der Waals surface area contributed by atoms with E-state index in [1.54, 1.807) is 25.1 Å². The van der Waals surface area contributed by atoms with Crippen LogP contribution in [0.3, 0.4) is 0 Å². The normalized spacial score (nSPS) is 11.8. The molecule has 1 aromatic carbocycles. The number of halogens is 2. The van der Waals surface area contributed by atoms with Crippen molar-refractivity contribution < 1.29 is 9.53 Å². The second kappa shape index (κ2) is 7.41. The summed E-state index contributed by atoms with van der Waals surface area (Å²) in [5.41, 5.74) is 3.15. The fraction of sp³-hybridized carbons (Fsp3) is 0.214. The molecule has 0 aliphatic heterocycles. The number of rotatable bonds is 5. The highest BCUT2D eigenvalue weighted by Gasteiger charge is 2.17. The molecule has 1 unspecified atom stereocenters. The Morgan fingerprint density at radius 1 is 1.33 bits per heavy atom. The maximum atomic E-state index is 12.1. The summed E-state index contributed by atoms with van der Waals surface area (Å²) >= 11 is 11.8. The molecule has 0 saturated heterocycles. The van der Waals surface area contributed by atoms with Crippen molar-refractivity contribution in [2.75, 3.05) is 12.3 Å². The van der Waals surface area contributed by atoms with Gasteiger partial charge in [0.1, 0.15) is 23.7 Å². The van der Waals surface area contributed by atoms with E-state index >= 15 is 0 Å². The van der Waals surface area contributed by atoms with Gasteiger partial charge in [-0.25, -0.2) is 4.79 Å². The van der Waals surface area contributed by atoms with Gasteiger partial charge in [0.15, 0.2) is 0 Å². The molecule has 0 aliphatic carbocycles. The Hall–Kier alpha value is -2.45. The van der Waals surface area contributed by atoms with Gasteiger partial charge in [0.05, 0.1) is 11.1 Å². The fourth-order valence-corrected chi connectivity index (χ4v) is 2.15. The van der Waals surface area contributed by atoms with Crippen LogP contribution in [0.2, 0.25) is 10.0 Å². The number of hydrogen-bond acceptors (Lipinski definition) is 5. The van der Waals surface area contributed by atoms with Crippen LogP contribution in [-0.2, 0) is 0 Å². The van der Waals surface area contributed by atoms with E-state index in [-0.39, 0.29) is 18.0 Å². The molecule has 0 bridgehead atoms. The smallest absolute Gasteiger partial charge is 0.326 e. The molecule has 2 aromatic rings. The van der Waals surface area contributed by atoms with Gasteiger partial charge in [-0.05, 0) is 19.1 Å². The van der Waals surface area contributed by atoms with Crippen LogP contribution in [0, 0.1) is 0 Å². The van der Waals surface area contributed by atoms with Crippen LogP contribution < -0.4 is 27.0 Å². The Balaban J connectivity index is 2.03. The molecule has 1 aromatic heterocycles. The van der Waals surface area contributed by atoms with Crippen molar-refractivity contribution in [2.45, 2.75) is 13.0 Å². The van der Waals surface area contributed by atoms with Crippen molar-refractivity contribution in [3.8, 4) is 5.75 Å². The van der Waals surface area contributed by atoms with E-state index in [2.05, 4.69) is 10.3 Å². The van der Waals surface area contributed by atoms with Crippen LogP contribution >= 0.6 is 23.2 Å². The first-order chi connectivity index (χ1) is 11.3. The molecule has 24 heavy (non-hydrogen) atoms. The van der Waals surface area contributed by atoms with Crippen LogP contribution in [0.25, 0.3) is 0 Å². The third-order valence-corrected chi connectivity index (χ3v) is 3.51. The largest absolute Gasteiger partial charge is 0.490 e. The lowest BCUT2D eigenvalue weighted by atomic mass is 10.3. The van der Waals surface area contributed by atoms with E-state index in [1.807, 2.05) is 4.98 Å². The molecule has 1 atom stereocenters. The number of benzene rings is 1. The molecule has 8 nitrogen and oxygen atoms in total. The number of anilines is 1. The van der Waals surface area contributed by atoms with Gasteiger partial charge in [0.2, 0.25) is 0 Å². The number of ether oxygens (including phenoxy) is 1. The summed E-state index contributed by atoms with van der Waals surface area (Å²) in [6.07, 6.45) is 0. The van der Waals surface area contributed by atoms with E-state index in [9.17, 15) is 14.4 Å². The third-order valence-electron chi connectivity index (χ3n) is 2.97. The minimum atomic E-state index is -0.835. The number of nitrogen functional groups attached to an aromatic ring is 1. The molecule has 10 heteroatoms. The fourth-order valence-electron chi connectivity index (χ4n) is 1.82. The molecule has 0 saturated carbocycles. The van der Waals surface area contributed by atoms with Gasteiger partial charge in [-0.2, -0.15) is 0 Å². The Morgan fingerprint density at radius 2 is 2.04 bits per heavy atom. The van der Waals surface area contributed by atoms with Crippen LogP contribution in [0.15, 0.2) is 27.8 Å². The van der Waals surface area contributed by atoms with E-state index in [1.165, 1.54) is 0 Å². The minimum absolute atomic E-state index is 0.0825. The van der Waals surface area contributed by atoms with Crippen LogP contribution in [0.5, 0.6) is 5.75 Å². The molecule has 5 N–H and O–H groups in total. The maximum Gasteiger partial charge on any atom is 0.326 e. The number of carbonyl (C=O) groups is 1. The third kappa shape index (κ3) is 4.30. The second-order valence-corrected chi connectivity index (χ2v) is 5.80. The lowest BCUT2D eigenvalue weighted by Gasteiger charge is -2.16. The Bertz CT molecular complexity index is 878. The number of carbonyl (C=O) groups excluding carboxylic acids is 1. The van der Waals surface area contributed by atoms with Crippen molar-refractivity contribution in [3.63, 3.8) is 0 Å². The molecule has 1 amide bonds. The van der Waals surface area contributed by atoms with Gasteiger partial charge in [-0.1, -0.05) is 23.2 Å². The highest BCUT2D eigenvalue weighted by atomic mass is 35.5. The number of nitrogens with two attached hydrogens (primary N) is 1. The monoisotopic (exact) mass is 372 g/mol. The van der Waals surface area contributed by atoms with Crippen molar-refractivity contribution in [2.24, 2.45) is 0 Å². The zero-order valence-corrected chi connectivity index (χ0v) is 14.0. The predicted molar refractivity (Wildman–Crippen MR) is 91.0 cm³/mol. The van der Waals surface area contributed by atoms with E-state index in [4.69, 9.17) is 33.7 Å². The van der Waals surface area contributed by atoms with Gasteiger partial charge in [-0.3, -0.25) is 14.6 Å². The summed E-state index contributed by atoms with van der Waals surface area (Å²) in [5, 5.41) is 3.39. The number of aromatic nitrogens is 2. The number of H-pyrrole nitrogens is 2. The standard InChI is InChI=1S/C14H14Cl2N4O4/c1-6(5-24-9-4-7(15)2-3-8(9)16)18-13(22)11-10(17)12(21)20-14(23)19-11/h2-4,6H,5,17H2,1H3,(H,18,22)(H2,19,20,21,23). The highest BCUT2D eigenvalue weighted by molar-refractivity contribution is 6.34. The van der Waals surface area contributed by atoms with Crippen molar-refractivity contribution >= 4 is 34.8 Å². The number of hydrogen-bond donors (Lipinski definition) is 4. The molecule has 2 rings (SSSR count). The van der Waals surface area contributed by atoms with Gasteiger partial charge >= 0.3 is 5.69 Å². The first-order valence-corrected chi connectivity index (χ1v) is 7.54. The minimum Gasteiger partial charge on any atom is -0.490 e. The maximum absolute atomic E-state index is 12.1. The van der Waals surface area contributed by atoms with Gasteiger partial charge in [-0.15, -0.1) is 0 Å². The molecule has 1 heterocycles. The Labute approximate surface area is 145 Å². The SMILES string of the molecule is CC(COc1cc(Cl)ccc1Cl)NC(=O)c1[nH]c(=O)[nH]c(=O)c1N. The number of aromatic amines is 2. The lowest BCUT2D eigenvalue weighted by molar-refractivity contribution is 0.0922. The Kier molecular flexibility index (Phi) is 5.53. The van der Waals surface area contributed by atoms with E-state index in [0.29, 0.717) is 15.8 Å². The first-order valence-electron chi connectivity index (χ1n) is 6.78. The summed E-state index contributed by atoms with van der Waals surface area (Å²) in [7, 11) is 0. The molecular weight excluding hydrogens is 359 g/mol. The van der Waals surface area contributed by atoms with E-state index in [0.717, 1.165) is 0 Å². The number of amides is 1. The predicted octanol–water partition coefficient (Wildman–Crippen LogP) is 1.15. The van der Waals surface area contributed by atoms with Gasteiger partial charge in [0, 0.05) is 11.1 Å². The molecule has 0 spiro atoms. The molecule has 0 radical (unpaired) electrons. The summed E-state index contributed by atoms with van der Waals surface area (Å²) in [4.78, 5) is 38.8. The van der Waals surface area contributed by atoms with E-state index < -0.39 is 23.2 Å². The van der Waals surface area contributed by atoms with Crippen molar-refractivity contribution in [1.82, 2.24) is 15.3 Å².